The van der Waals surface area contributed by atoms with Crippen molar-refractivity contribution in [2.45, 2.75) is 46.3 Å². The molecule has 0 saturated carbocycles. The number of anilines is 1. The van der Waals surface area contributed by atoms with Gasteiger partial charge in [-0.15, -0.1) is 11.3 Å². The molecule has 0 saturated heterocycles. The van der Waals surface area contributed by atoms with Crippen LogP contribution in [-0.2, 0) is 22.5 Å². The lowest BCUT2D eigenvalue weighted by Crippen LogP contribution is -2.33. The zero-order chi connectivity index (χ0) is 24.7. The van der Waals surface area contributed by atoms with Gasteiger partial charge in [0.1, 0.15) is 16.4 Å². The molecule has 180 valence electrons. The second-order valence-corrected chi connectivity index (χ2v) is 9.72. The summed E-state index contributed by atoms with van der Waals surface area (Å²) in [6.45, 7) is 8.44. The first-order valence-corrected chi connectivity index (χ1v) is 12.0. The van der Waals surface area contributed by atoms with Crippen LogP contribution in [-0.4, -0.2) is 41.1 Å². The maximum absolute atomic E-state index is 12.6. The Bertz CT molecular complexity index is 1120. The van der Waals surface area contributed by atoms with E-state index in [1.807, 2.05) is 81.6 Å². The third-order valence-electron chi connectivity index (χ3n) is 4.64. The van der Waals surface area contributed by atoms with Crippen LogP contribution < -0.4 is 10.1 Å². The predicted octanol–water partition coefficient (Wildman–Crippen LogP) is 5.76. The zero-order valence-electron chi connectivity index (χ0n) is 20.3. The van der Waals surface area contributed by atoms with Crippen LogP contribution >= 0.6 is 11.3 Å². The number of carbonyl (C=O) groups excluding carboxylic acids is 2. The van der Waals surface area contributed by atoms with Crippen LogP contribution in [0.15, 0.2) is 53.9 Å². The summed E-state index contributed by atoms with van der Waals surface area (Å²) in [5.41, 5.74) is 2.71. The molecule has 2 aromatic carbocycles. The molecule has 0 aliphatic heterocycles. The summed E-state index contributed by atoms with van der Waals surface area (Å²) in [5, 5.41) is 5.68. The number of aromatic nitrogens is 1. The molecule has 1 N–H and O–H groups in total. The van der Waals surface area contributed by atoms with E-state index >= 15 is 0 Å². The van der Waals surface area contributed by atoms with Gasteiger partial charge in [-0.2, -0.15) is 0 Å². The van der Waals surface area contributed by atoms with Crippen molar-refractivity contribution in [2.75, 3.05) is 19.0 Å². The van der Waals surface area contributed by atoms with Crippen molar-refractivity contribution in [3.05, 3.63) is 65.2 Å². The fourth-order valence-corrected chi connectivity index (χ4v) is 4.00. The van der Waals surface area contributed by atoms with Crippen LogP contribution in [0, 0.1) is 0 Å². The van der Waals surface area contributed by atoms with Gasteiger partial charge < -0.3 is 19.7 Å². The molecular formula is C26H31N3O4S. The van der Waals surface area contributed by atoms with Crippen molar-refractivity contribution in [1.29, 1.82) is 0 Å². The van der Waals surface area contributed by atoms with E-state index in [9.17, 15) is 9.59 Å². The quantitative estimate of drug-likeness (QED) is 0.443. The van der Waals surface area contributed by atoms with Gasteiger partial charge in [-0.3, -0.25) is 4.79 Å². The van der Waals surface area contributed by atoms with E-state index in [0.29, 0.717) is 24.5 Å². The first-order valence-electron chi connectivity index (χ1n) is 11.1. The van der Waals surface area contributed by atoms with Crippen molar-refractivity contribution in [2.24, 2.45) is 0 Å². The summed E-state index contributed by atoms with van der Waals surface area (Å²) in [5.74, 6) is 0.670. The minimum Gasteiger partial charge on any atom is -0.494 e. The second kappa shape index (κ2) is 11.2. The third kappa shape index (κ3) is 7.59. The van der Waals surface area contributed by atoms with E-state index in [-0.39, 0.29) is 12.3 Å². The number of hydrogen-bond donors (Lipinski definition) is 1. The summed E-state index contributed by atoms with van der Waals surface area (Å²) in [6, 6.07) is 15.2. The van der Waals surface area contributed by atoms with Gasteiger partial charge in [0.15, 0.2) is 0 Å². The topological polar surface area (TPSA) is 80.8 Å². The summed E-state index contributed by atoms with van der Waals surface area (Å²) in [6.07, 6.45) is -0.218. The predicted molar refractivity (Wildman–Crippen MR) is 135 cm³/mol. The second-order valence-electron chi connectivity index (χ2n) is 8.86. The number of ether oxygens (including phenoxy) is 2. The van der Waals surface area contributed by atoms with Crippen LogP contribution in [0.1, 0.15) is 39.0 Å². The molecule has 0 aliphatic carbocycles. The van der Waals surface area contributed by atoms with E-state index < -0.39 is 11.7 Å². The Hall–Kier alpha value is -3.39. The lowest BCUT2D eigenvalue weighted by atomic mass is 10.2. The molecular weight excluding hydrogens is 450 g/mol. The maximum Gasteiger partial charge on any atom is 0.410 e. The number of rotatable bonds is 8. The summed E-state index contributed by atoms with van der Waals surface area (Å²) in [4.78, 5) is 30.9. The molecule has 0 aliphatic rings. The largest absolute Gasteiger partial charge is 0.494 e. The SMILES string of the molecule is CCOc1ccc(-c2nc(CC(=O)Nc3cccc(CN(C)C(=O)OC(C)(C)C)c3)cs2)cc1. The van der Waals surface area contributed by atoms with E-state index in [1.54, 1.807) is 7.05 Å². The number of hydrogen-bond acceptors (Lipinski definition) is 6. The van der Waals surface area contributed by atoms with Gasteiger partial charge in [0.05, 0.1) is 18.7 Å². The van der Waals surface area contributed by atoms with Crippen molar-refractivity contribution >= 4 is 29.0 Å². The highest BCUT2D eigenvalue weighted by Crippen LogP contribution is 2.26. The molecule has 7 nitrogen and oxygen atoms in total. The highest BCUT2D eigenvalue weighted by Gasteiger charge is 2.19. The summed E-state index contributed by atoms with van der Waals surface area (Å²) >= 11 is 1.50. The van der Waals surface area contributed by atoms with Gasteiger partial charge in [-0.05, 0) is 69.7 Å². The lowest BCUT2D eigenvalue weighted by Gasteiger charge is -2.24. The molecule has 3 aromatic rings. The molecule has 8 heteroatoms. The van der Waals surface area contributed by atoms with E-state index in [2.05, 4.69) is 10.3 Å². The minimum absolute atomic E-state index is 0.152. The normalized spacial score (nSPS) is 11.1. The van der Waals surface area contributed by atoms with E-state index in [1.165, 1.54) is 16.2 Å². The van der Waals surface area contributed by atoms with E-state index in [4.69, 9.17) is 9.47 Å². The zero-order valence-corrected chi connectivity index (χ0v) is 21.1. The number of thiazole rings is 1. The van der Waals surface area contributed by atoms with Crippen molar-refractivity contribution < 1.29 is 19.1 Å². The molecule has 0 spiro atoms. The monoisotopic (exact) mass is 481 g/mol. The fourth-order valence-electron chi connectivity index (χ4n) is 3.18. The molecule has 0 atom stereocenters. The standard InChI is InChI=1S/C26H31N3O4S/c1-6-32-22-12-10-19(11-13-22)24-28-21(17-34-24)15-23(30)27-20-9-7-8-18(14-20)16-29(5)25(31)33-26(2,3)4/h7-14,17H,6,15-16H2,1-5H3,(H,27,30). The van der Waals surface area contributed by atoms with Gasteiger partial charge in [-0.1, -0.05) is 12.1 Å². The molecule has 0 unspecified atom stereocenters. The van der Waals surface area contributed by atoms with Crippen LogP contribution in [0.2, 0.25) is 0 Å². The Kier molecular flexibility index (Phi) is 8.28. The van der Waals surface area contributed by atoms with Crippen LogP contribution in [0.4, 0.5) is 10.5 Å². The van der Waals surface area contributed by atoms with Gasteiger partial charge in [0, 0.05) is 30.2 Å². The van der Waals surface area contributed by atoms with Crippen molar-refractivity contribution in [3.8, 4) is 16.3 Å². The number of nitrogens with zero attached hydrogens (tertiary/aromatic N) is 2. The van der Waals surface area contributed by atoms with E-state index in [0.717, 1.165) is 21.9 Å². The van der Waals surface area contributed by atoms with Crippen LogP contribution in [0.5, 0.6) is 5.75 Å². The average molecular weight is 482 g/mol. The maximum atomic E-state index is 12.6. The Morgan fingerprint density at radius 1 is 1.12 bits per heavy atom. The molecule has 1 aromatic heterocycles. The minimum atomic E-state index is -0.552. The highest BCUT2D eigenvalue weighted by atomic mass is 32.1. The first kappa shape index (κ1) is 25.2. The average Bonchev–Trinajstić information content (AvgIpc) is 3.21. The molecule has 0 fully saturated rings. The third-order valence-corrected chi connectivity index (χ3v) is 5.58. The molecule has 1 heterocycles. The first-order chi connectivity index (χ1) is 16.1. The Morgan fingerprint density at radius 2 is 1.85 bits per heavy atom. The van der Waals surface area contributed by atoms with Crippen molar-refractivity contribution in [1.82, 2.24) is 9.88 Å². The number of benzene rings is 2. The number of amides is 2. The molecule has 34 heavy (non-hydrogen) atoms. The fraction of sp³-hybridized carbons (Fsp3) is 0.346. The van der Waals surface area contributed by atoms with Gasteiger partial charge >= 0.3 is 6.09 Å². The molecule has 2 amide bonds. The number of nitrogens with one attached hydrogen (secondary N) is 1. The van der Waals surface area contributed by atoms with Gasteiger partial charge in [0.2, 0.25) is 5.91 Å². The molecule has 3 rings (SSSR count). The Balaban J connectivity index is 1.57. The highest BCUT2D eigenvalue weighted by molar-refractivity contribution is 7.13. The Labute approximate surface area is 204 Å². The van der Waals surface area contributed by atoms with Crippen LogP contribution in [0.25, 0.3) is 10.6 Å². The lowest BCUT2D eigenvalue weighted by molar-refractivity contribution is -0.115. The van der Waals surface area contributed by atoms with Crippen molar-refractivity contribution in [3.63, 3.8) is 0 Å². The van der Waals surface area contributed by atoms with Gasteiger partial charge in [0.25, 0.3) is 0 Å². The molecule has 0 radical (unpaired) electrons. The smallest absolute Gasteiger partial charge is 0.410 e. The summed E-state index contributed by atoms with van der Waals surface area (Å²) in [7, 11) is 1.68. The summed E-state index contributed by atoms with van der Waals surface area (Å²) < 4.78 is 10.9. The van der Waals surface area contributed by atoms with Crippen LogP contribution in [0.3, 0.4) is 0 Å². The molecule has 0 bridgehead atoms. The number of carbonyl (C=O) groups is 2. The Morgan fingerprint density at radius 3 is 2.53 bits per heavy atom. The van der Waals surface area contributed by atoms with Gasteiger partial charge in [-0.25, -0.2) is 9.78 Å².